The van der Waals surface area contributed by atoms with Crippen LogP contribution in [0.4, 0.5) is 11.4 Å². The number of ether oxygens (including phenoxy) is 1. The van der Waals surface area contributed by atoms with Crippen molar-refractivity contribution in [3.8, 4) is 5.75 Å². The number of benzene rings is 3. The first-order chi connectivity index (χ1) is 18.5. The van der Waals surface area contributed by atoms with Crippen LogP contribution in [0.15, 0.2) is 78.9 Å². The molecule has 1 atom stereocenters. The van der Waals surface area contributed by atoms with E-state index in [2.05, 4.69) is 16.0 Å². The second kappa shape index (κ2) is 13.4. The summed E-state index contributed by atoms with van der Waals surface area (Å²) in [6, 6.07) is 22.3. The monoisotopic (exact) mass is 512 g/mol. The van der Waals surface area contributed by atoms with Crippen molar-refractivity contribution >= 4 is 29.3 Å². The Morgan fingerprint density at radius 3 is 2.50 bits per heavy atom. The first kappa shape index (κ1) is 26.9. The molecule has 3 aromatic carbocycles. The molecule has 5 N–H and O–H groups in total. The molecule has 3 aromatic rings. The van der Waals surface area contributed by atoms with E-state index in [0.717, 1.165) is 48.1 Å². The van der Waals surface area contributed by atoms with Gasteiger partial charge in [-0.15, -0.1) is 0 Å². The summed E-state index contributed by atoms with van der Waals surface area (Å²) in [6.07, 6.45) is 8.78. The van der Waals surface area contributed by atoms with Gasteiger partial charge >= 0.3 is 0 Å². The van der Waals surface area contributed by atoms with E-state index in [1.165, 1.54) is 12.5 Å². The van der Waals surface area contributed by atoms with E-state index < -0.39 is 6.04 Å². The number of rotatable bonds is 10. The molecule has 0 radical (unpaired) electrons. The summed E-state index contributed by atoms with van der Waals surface area (Å²) in [6.45, 7) is 0.518. The van der Waals surface area contributed by atoms with Gasteiger partial charge in [-0.3, -0.25) is 14.9 Å². The van der Waals surface area contributed by atoms with E-state index in [9.17, 15) is 9.59 Å². The maximum Gasteiger partial charge on any atom is 0.248 e. The van der Waals surface area contributed by atoms with Crippen molar-refractivity contribution in [2.45, 2.75) is 50.7 Å². The average molecular weight is 513 g/mol. The standard InChI is InChI=1S/C31H36N4O3/c1-38-26-11-7-8-23(20-26)21-33-30(31(37)34-25-9-3-2-4-10-25)24-17-14-22(15-18-24)16-19-29(36)35-28-13-6-5-12-27(28)32/h5-8,11-20,25,30,33H,2-4,9-10,21,32H2,1H3,(H,34,37)(H,35,36)/b19-16+. The van der Waals surface area contributed by atoms with Crippen molar-refractivity contribution in [1.29, 1.82) is 0 Å². The number of nitrogens with two attached hydrogens (primary N) is 1. The summed E-state index contributed by atoms with van der Waals surface area (Å²) in [5.41, 5.74) is 9.73. The molecule has 1 aliphatic carbocycles. The minimum absolute atomic E-state index is 0.0251. The van der Waals surface area contributed by atoms with Gasteiger partial charge < -0.3 is 21.1 Å². The first-order valence-electron chi connectivity index (χ1n) is 13.1. The Hall–Kier alpha value is -4.10. The Labute approximate surface area is 224 Å². The fraction of sp³-hybridized carbons (Fsp3) is 0.290. The average Bonchev–Trinajstić information content (AvgIpc) is 2.94. The zero-order chi connectivity index (χ0) is 26.7. The van der Waals surface area contributed by atoms with Crippen molar-refractivity contribution in [1.82, 2.24) is 10.6 Å². The first-order valence-corrected chi connectivity index (χ1v) is 13.1. The molecule has 4 rings (SSSR count). The van der Waals surface area contributed by atoms with Crippen molar-refractivity contribution < 1.29 is 14.3 Å². The fourth-order valence-corrected chi connectivity index (χ4v) is 4.65. The van der Waals surface area contributed by atoms with Gasteiger partial charge in [0.2, 0.25) is 11.8 Å². The molecule has 0 spiro atoms. The number of carbonyl (C=O) groups excluding carboxylic acids is 2. The van der Waals surface area contributed by atoms with E-state index >= 15 is 0 Å². The molecule has 7 nitrogen and oxygen atoms in total. The molecule has 0 aliphatic heterocycles. The van der Waals surface area contributed by atoms with Crippen molar-refractivity contribution in [3.63, 3.8) is 0 Å². The zero-order valence-corrected chi connectivity index (χ0v) is 21.8. The van der Waals surface area contributed by atoms with Crippen molar-refractivity contribution in [3.05, 3.63) is 95.6 Å². The normalized spacial score (nSPS) is 14.7. The van der Waals surface area contributed by atoms with E-state index in [4.69, 9.17) is 10.5 Å². The fourth-order valence-electron chi connectivity index (χ4n) is 4.65. The predicted octanol–water partition coefficient (Wildman–Crippen LogP) is 5.21. The number of nitrogen functional groups attached to an aromatic ring is 1. The Bertz CT molecular complexity index is 1250. The lowest BCUT2D eigenvalue weighted by atomic mass is 9.94. The Balaban J connectivity index is 1.44. The Morgan fingerprint density at radius 1 is 1.00 bits per heavy atom. The second-order valence-corrected chi connectivity index (χ2v) is 9.59. The van der Waals surface area contributed by atoms with Crippen LogP contribution in [0, 0.1) is 0 Å². The maximum atomic E-state index is 13.4. The van der Waals surface area contributed by atoms with Crippen molar-refractivity contribution in [2.24, 2.45) is 0 Å². The predicted molar refractivity (Wildman–Crippen MR) is 153 cm³/mol. The lowest BCUT2D eigenvalue weighted by Gasteiger charge is -2.26. The third-order valence-corrected chi connectivity index (χ3v) is 6.77. The molecule has 198 valence electrons. The Morgan fingerprint density at radius 2 is 1.76 bits per heavy atom. The van der Waals surface area contributed by atoms with Gasteiger partial charge in [0, 0.05) is 18.7 Å². The molecule has 1 unspecified atom stereocenters. The highest BCUT2D eigenvalue weighted by Crippen LogP contribution is 2.22. The number of para-hydroxylation sites is 2. The molecule has 2 amide bonds. The van der Waals surface area contributed by atoms with Crippen molar-refractivity contribution in [2.75, 3.05) is 18.2 Å². The lowest BCUT2D eigenvalue weighted by molar-refractivity contribution is -0.124. The maximum absolute atomic E-state index is 13.4. The van der Waals surface area contributed by atoms with Crippen LogP contribution >= 0.6 is 0 Å². The van der Waals surface area contributed by atoms with Crippen LogP contribution in [0.25, 0.3) is 6.08 Å². The summed E-state index contributed by atoms with van der Waals surface area (Å²) >= 11 is 0. The van der Waals surface area contributed by atoms with Gasteiger partial charge in [-0.05, 0) is 59.9 Å². The van der Waals surface area contributed by atoms with E-state index in [-0.39, 0.29) is 17.9 Å². The second-order valence-electron chi connectivity index (χ2n) is 9.59. The molecule has 1 aliphatic rings. The molecule has 0 bridgehead atoms. The van der Waals surface area contributed by atoms with E-state index in [0.29, 0.717) is 17.9 Å². The van der Waals surface area contributed by atoms with Crippen LogP contribution in [-0.4, -0.2) is 25.0 Å². The van der Waals surface area contributed by atoms with Gasteiger partial charge in [-0.25, -0.2) is 0 Å². The van der Waals surface area contributed by atoms with Gasteiger partial charge in [0.1, 0.15) is 11.8 Å². The lowest BCUT2D eigenvalue weighted by Crippen LogP contribution is -2.43. The topological polar surface area (TPSA) is 105 Å². The number of anilines is 2. The summed E-state index contributed by atoms with van der Waals surface area (Å²) in [5, 5.41) is 9.47. The molecular weight excluding hydrogens is 476 g/mol. The van der Waals surface area contributed by atoms with Crippen LogP contribution < -0.4 is 26.4 Å². The third-order valence-electron chi connectivity index (χ3n) is 6.77. The largest absolute Gasteiger partial charge is 0.497 e. The zero-order valence-electron chi connectivity index (χ0n) is 21.8. The van der Waals surface area contributed by atoms with Gasteiger partial charge in [0.15, 0.2) is 0 Å². The van der Waals surface area contributed by atoms with Gasteiger partial charge in [0.25, 0.3) is 0 Å². The summed E-state index contributed by atoms with van der Waals surface area (Å²) in [5.74, 6) is 0.488. The van der Waals surface area contributed by atoms with E-state index in [1.807, 2.05) is 60.7 Å². The highest BCUT2D eigenvalue weighted by atomic mass is 16.5. The van der Waals surface area contributed by atoms with Crippen LogP contribution in [0.2, 0.25) is 0 Å². The minimum atomic E-state index is -0.509. The van der Waals surface area contributed by atoms with Crippen LogP contribution in [0.1, 0.15) is 54.8 Å². The molecule has 0 saturated heterocycles. The molecular formula is C31H36N4O3. The highest BCUT2D eigenvalue weighted by Gasteiger charge is 2.24. The van der Waals surface area contributed by atoms with E-state index in [1.54, 1.807) is 25.3 Å². The van der Waals surface area contributed by atoms with Gasteiger partial charge in [0.05, 0.1) is 18.5 Å². The quantitative estimate of drug-likeness (QED) is 0.220. The van der Waals surface area contributed by atoms with Crippen LogP contribution in [0.3, 0.4) is 0 Å². The third kappa shape index (κ3) is 7.70. The molecule has 1 fully saturated rings. The molecule has 0 aromatic heterocycles. The highest BCUT2D eigenvalue weighted by molar-refractivity contribution is 6.03. The molecule has 38 heavy (non-hydrogen) atoms. The van der Waals surface area contributed by atoms with Gasteiger partial charge in [-0.1, -0.05) is 67.8 Å². The SMILES string of the molecule is COc1cccc(CNC(C(=O)NC2CCCCC2)c2ccc(/C=C/C(=O)Nc3ccccc3N)cc2)c1. The Kier molecular flexibility index (Phi) is 9.54. The number of hydrogen-bond acceptors (Lipinski definition) is 5. The summed E-state index contributed by atoms with van der Waals surface area (Å²) in [7, 11) is 1.64. The van der Waals surface area contributed by atoms with Crippen LogP contribution in [0.5, 0.6) is 5.75 Å². The number of hydrogen-bond donors (Lipinski definition) is 4. The smallest absolute Gasteiger partial charge is 0.248 e. The number of carbonyl (C=O) groups is 2. The molecule has 1 saturated carbocycles. The van der Waals surface area contributed by atoms with Gasteiger partial charge in [-0.2, -0.15) is 0 Å². The summed E-state index contributed by atoms with van der Waals surface area (Å²) in [4.78, 5) is 25.7. The van der Waals surface area contributed by atoms with Crippen LogP contribution in [-0.2, 0) is 16.1 Å². The molecule has 0 heterocycles. The molecule has 7 heteroatoms. The number of amides is 2. The number of methoxy groups -OCH3 is 1. The summed E-state index contributed by atoms with van der Waals surface area (Å²) < 4.78 is 5.34. The minimum Gasteiger partial charge on any atom is -0.497 e. The number of nitrogens with one attached hydrogen (secondary N) is 3.